The van der Waals surface area contributed by atoms with E-state index in [4.69, 9.17) is 5.26 Å². The number of likely N-dealkylation sites (N-methyl/N-ethyl adjacent to an activating group) is 1. The average Bonchev–Trinajstić information content (AvgIpc) is 2.16. The fraction of sp³-hybridized carbons (Fsp3) is 0.818. The first-order chi connectivity index (χ1) is 6.85. The highest BCUT2D eigenvalue weighted by Gasteiger charge is 2.23. The molecule has 0 rings (SSSR count). The molecule has 0 spiro atoms. The predicted octanol–water partition coefficient (Wildman–Crippen LogP) is 0.993. The summed E-state index contributed by atoms with van der Waals surface area (Å²) in [6.07, 6.45) is 0.560. The molecule has 4 nitrogen and oxygen atoms in total. The van der Waals surface area contributed by atoms with Crippen LogP contribution in [0.1, 0.15) is 27.2 Å². The molecule has 1 atom stereocenters. The number of carbonyl (C=O) groups excluding carboxylic acids is 1. The van der Waals surface area contributed by atoms with Gasteiger partial charge in [-0.3, -0.25) is 4.79 Å². The first-order valence-corrected chi connectivity index (χ1v) is 5.20. The SMILES string of the molecule is CCC(C#N)C(=O)NCC(C)(C)N(C)C. The van der Waals surface area contributed by atoms with Gasteiger partial charge in [0.1, 0.15) is 5.92 Å². The fourth-order valence-corrected chi connectivity index (χ4v) is 0.920. The van der Waals surface area contributed by atoms with Crippen LogP contribution in [-0.4, -0.2) is 37.0 Å². The van der Waals surface area contributed by atoms with Gasteiger partial charge < -0.3 is 10.2 Å². The summed E-state index contributed by atoms with van der Waals surface area (Å²) in [6.45, 7) is 6.47. The van der Waals surface area contributed by atoms with E-state index < -0.39 is 5.92 Å². The Morgan fingerprint density at radius 2 is 2.07 bits per heavy atom. The summed E-state index contributed by atoms with van der Waals surface area (Å²) in [5.74, 6) is -0.696. The molecule has 1 amide bonds. The van der Waals surface area contributed by atoms with Crippen LogP contribution in [0.25, 0.3) is 0 Å². The zero-order chi connectivity index (χ0) is 12.1. The van der Waals surface area contributed by atoms with Gasteiger partial charge in [-0.15, -0.1) is 0 Å². The Labute approximate surface area is 92.3 Å². The van der Waals surface area contributed by atoms with Gasteiger partial charge in [-0.05, 0) is 34.4 Å². The maximum absolute atomic E-state index is 11.5. The van der Waals surface area contributed by atoms with Crippen molar-refractivity contribution in [2.24, 2.45) is 5.92 Å². The normalized spacial score (nSPS) is 13.4. The highest BCUT2D eigenvalue weighted by molar-refractivity contribution is 5.81. The minimum atomic E-state index is -0.525. The summed E-state index contributed by atoms with van der Waals surface area (Å²) in [7, 11) is 3.93. The fourth-order valence-electron chi connectivity index (χ4n) is 0.920. The maximum Gasteiger partial charge on any atom is 0.237 e. The van der Waals surface area contributed by atoms with Crippen molar-refractivity contribution in [3.63, 3.8) is 0 Å². The molecule has 0 bridgehead atoms. The Balaban J connectivity index is 4.18. The number of nitrogens with one attached hydrogen (secondary N) is 1. The van der Waals surface area contributed by atoms with Crippen LogP contribution < -0.4 is 5.32 Å². The second-order valence-electron chi connectivity index (χ2n) is 4.51. The van der Waals surface area contributed by atoms with Gasteiger partial charge in [0.25, 0.3) is 0 Å². The maximum atomic E-state index is 11.5. The van der Waals surface area contributed by atoms with Gasteiger partial charge in [0.15, 0.2) is 0 Å². The molecule has 0 fully saturated rings. The molecular weight excluding hydrogens is 190 g/mol. The van der Waals surface area contributed by atoms with Crippen LogP contribution in [0, 0.1) is 17.2 Å². The summed E-state index contributed by atoms with van der Waals surface area (Å²) >= 11 is 0. The average molecular weight is 211 g/mol. The highest BCUT2D eigenvalue weighted by atomic mass is 16.1. The van der Waals surface area contributed by atoms with Crippen LogP contribution in [0.5, 0.6) is 0 Å². The Kier molecular flexibility index (Phi) is 5.31. The summed E-state index contributed by atoms with van der Waals surface area (Å²) in [5, 5.41) is 11.5. The number of nitriles is 1. The first-order valence-electron chi connectivity index (χ1n) is 5.20. The van der Waals surface area contributed by atoms with Gasteiger partial charge in [0, 0.05) is 12.1 Å². The zero-order valence-electron chi connectivity index (χ0n) is 10.3. The lowest BCUT2D eigenvalue weighted by Gasteiger charge is -2.32. The highest BCUT2D eigenvalue weighted by Crippen LogP contribution is 2.08. The van der Waals surface area contributed by atoms with Gasteiger partial charge in [-0.1, -0.05) is 6.92 Å². The van der Waals surface area contributed by atoms with Gasteiger partial charge in [0.05, 0.1) is 6.07 Å². The minimum absolute atomic E-state index is 0.0938. The Morgan fingerprint density at radius 3 is 2.40 bits per heavy atom. The number of rotatable bonds is 5. The van der Waals surface area contributed by atoms with Crippen LogP contribution >= 0.6 is 0 Å². The monoisotopic (exact) mass is 211 g/mol. The Hall–Kier alpha value is -1.08. The molecule has 0 aliphatic carbocycles. The summed E-state index contributed by atoms with van der Waals surface area (Å²) < 4.78 is 0. The van der Waals surface area contributed by atoms with Gasteiger partial charge >= 0.3 is 0 Å². The number of nitrogens with zero attached hydrogens (tertiary/aromatic N) is 2. The molecule has 0 aromatic heterocycles. The van der Waals surface area contributed by atoms with E-state index in [0.29, 0.717) is 13.0 Å². The summed E-state index contributed by atoms with van der Waals surface area (Å²) in [6, 6.07) is 1.99. The molecule has 1 unspecified atom stereocenters. The summed E-state index contributed by atoms with van der Waals surface area (Å²) in [5.41, 5.74) is -0.0938. The smallest absolute Gasteiger partial charge is 0.237 e. The van der Waals surface area contributed by atoms with E-state index in [2.05, 4.69) is 5.32 Å². The van der Waals surface area contributed by atoms with E-state index in [1.165, 1.54) is 0 Å². The van der Waals surface area contributed by atoms with Crippen molar-refractivity contribution in [2.75, 3.05) is 20.6 Å². The third kappa shape index (κ3) is 4.30. The van der Waals surface area contributed by atoms with Crippen molar-refractivity contribution >= 4 is 5.91 Å². The molecule has 0 saturated carbocycles. The standard InChI is InChI=1S/C11H21N3O/c1-6-9(7-12)10(15)13-8-11(2,3)14(4)5/h9H,6,8H2,1-5H3,(H,13,15). The third-order valence-electron chi connectivity index (χ3n) is 2.79. The second-order valence-corrected chi connectivity index (χ2v) is 4.51. The predicted molar refractivity (Wildman–Crippen MR) is 60.2 cm³/mol. The van der Waals surface area contributed by atoms with Gasteiger partial charge in [-0.2, -0.15) is 5.26 Å². The van der Waals surface area contributed by atoms with Gasteiger partial charge in [0.2, 0.25) is 5.91 Å². The molecule has 0 radical (unpaired) electrons. The van der Waals surface area contributed by atoms with E-state index in [9.17, 15) is 4.79 Å². The lowest BCUT2D eigenvalue weighted by molar-refractivity contribution is -0.123. The molecule has 0 saturated heterocycles. The zero-order valence-corrected chi connectivity index (χ0v) is 10.3. The number of hydrogen-bond acceptors (Lipinski definition) is 3. The molecule has 1 N–H and O–H groups in total. The number of amides is 1. The Morgan fingerprint density at radius 1 is 1.53 bits per heavy atom. The minimum Gasteiger partial charge on any atom is -0.353 e. The topological polar surface area (TPSA) is 56.1 Å². The molecule has 86 valence electrons. The molecule has 0 aromatic rings. The summed E-state index contributed by atoms with van der Waals surface area (Å²) in [4.78, 5) is 13.6. The Bertz CT molecular complexity index is 253. The molecule has 0 aliphatic rings. The second kappa shape index (κ2) is 5.72. The largest absolute Gasteiger partial charge is 0.353 e. The molecule has 15 heavy (non-hydrogen) atoms. The van der Waals surface area contributed by atoms with E-state index in [1.54, 1.807) is 0 Å². The number of carbonyl (C=O) groups is 1. The lowest BCUT2D eigenvalue weighted by atomic mass is 10.0. The third-order valence-corrected chi connectivity index (χ3v) is 2.79. The molecular formula is C11H21N3O. The van der Waals surface area contributed by atoms with Crippen LogP contribution in [0.2, 0.25) is 0 Å². The first kappa shape index (κ1) is 13.9. The van der Waals surface area contributed by atoms with Crippen LogP contribution in [0.3, 0.4) is 0 Å². The molecule has 4 heteroatoms. The van der Waals surface area contributed by atoms with Crippen LogP contribution in [-0.2, 0) is 4.79 Å². The van der Waals surface area contributed by atoms with Crippen molar-refractivity contribution in [3.8, 4) is 6.07 Å². The molecule has 0 aliphatic heterocycles. The van der Waals surface area contributed by atoms with Crippen LogP contribution in [0.15, 0.2) is 0 Å². The lowest BCUT2D eigenvalue weighted by Crippen LogP contribution is -2.49. The van der Waals surface area contributed by atoms with Crippen molar-refractivity contribution in [1.82, 2.24) is 10.2 Å². The van der Waals surface area contributed by atoms with Crippen molar-refractivity contribution < 1.29 is 4.79 Å². The van der Waals surface area contributed by atoms with E-state index in [-0.39, 0.29) is 11.4 Å². The molecule has 0 aromatic carbocycles. The van der Waals surface area contributed by atoms with Crippen molar-refractivity contribution in [3.05, 3.63) is 0 Å². The van der Waals surface area contributed by atoms with Crippen LogP contribution in [0.4, 0.5) is 0 Å². The quantitative estimate of drug-likeness (QED) is 0.738. The van der Waals surface area contributed by atoms with E-state index in [1.807, 2.05) is 45.8 Å². The number of hydrogen-bond donors (Lipinski definition) is 1. The van der Waals surface area contributed by atoms with Crippen molar-refractivity contribution in [1.29, 1.82) is 5.26 Å². The van der Waals surface area contributed by atoms with Gasteiger partial charge in [-0.25, -0.2) is 0 Å². The van der Waals surface area contributed by atoms with E-state index >= 15 is 0 Å². The van der Waals surface area contributed by atoms with Crippen molar-refractivity contribution in [2.45, 2.75) is 32.7 Å². The van der Waals surface area contributed by atoms with E-state index in [0.717, 1.165) is 0 Å². The molecule has 0 heterocycles.